The molecule has 6 aromatic rings. The van der Waals surface area contributed by atoms with Gasteiger partial charge in [0.25, 0.3) is 11.8 Å². The molecule has 5 aromatic carbocycles. The number of benzene rings is 5. The van der Waals surface area contributed by atoms with Crippen LogP contribution in [0.3, 0.4) is 0 Å². The number of ether oxygens (including phenoxy) is 1. The van der Waals surface area contributed by atoms with Gasteiger partial charge in [0.2, 0.25) is 0 Å². The van der Waals surface area contributed by atoms with E-state index in [0.717, 1.165) is 17.5 Å². The van der Waals surface area contributed by atoms with Gasteiger partial charge in [-0.25, -0.2) is 0 Å². The lowest BCUT2D eigenvalue weighted by atomic mass is 10.0. The molecule has 0 aliphatic carbocycles. The van der Waals surface area contributed by atoms with E-state index >= 15 is 0 Å². The van der Waals surface area contributed by atoms with Gasteiger partial charge in [-0.2, -0.15) is 13.2 Å². The summed E-state index contributed by atoms with van der Waals surface area (Å²) in [6.45, 7) is -0.378. The third-order valence-corrected chi connectivity index (χ3v) is 7.45. The number of amides is 2. The molecule has 1 atom stereocenters. The van der Waals surface area contributed by atoms with Gasteiger partial charge in [0.15, 0.2) is 0 Å². The molecule has 1 heterocycles. The molecule has 3 N–H and O–H groups in total. The first kappa shape index (κ1) is 30.3. The van der Waals surface area contributed by atoms with E-state index in [1.54, 1.807) is 85.1 Å². The predicted octanol–water partition coefficient (Wildman–Crippen LogP) is 7.91. The standard InChI is InChI=1S/C36H26F3N3O4/c37-36(38,39)25-13-15-26(16-14-25)46-32-10-5-7-23-20-24(11-17-27(23)32)34(44)41-30-18-12-22-6-1-2-8-28(22)33(30)35(45)42-31(21-43)29-9-3-4-19-40-29/h1-20,31,43H,21H2,(H,41,44)(H,42,45)/t31-/m1/s1. The Kier molecular flexibility index (Phi) is 8.37. The lowest BCUT2D eigenvalue weighted by molar-refractivity contribution is -0.137. The van der Waals surface area contributed by atoms with E-state index in [1.807, 2.05) is 12.1 Å². The maximum absolute atomic E-state index is 13.7. The number of carbonyl (C=O) groups is 2. The van der Waals surface area contributed by atoms with Crippen molar-refractivity contribution >= 4 is 39.0 Å². The predicted molar refractivity (Wildman–Crippen MR) is 169 cm³/mol. The molecule has 0 bridgehead atoms. The van der Waals surface area contributed by atoms with Crippen LogP contribution in [0.1, 0.15) is 38.0 Å². The highest BCUT2D eigenvalue weighted by molar-refractivity contribution is 6.16. The van der Waals surface area contributed by atoms with Crippen molar-refractivity contribution in [2.24, 2.45) is 0 Å². The van der Waals surface area contributed by atoms with Crippen LogP contribution in [0.25, 0.3) is 21.5 Å². The van der Waals surface area contributed by atoms with E-state index in [0.29, 0.717) is 33.2 Å². The normalized spacial score (nSPS) is 12.1. The summed E-state index contributed by atoms with van der Waals surface area (Å²) in [5, 5.41) is 18.4. The summed E-state index contributed by atoms with van der Waals surface area (Å²) in [7, 11) is 0. The number of alkyl halides is 3. The van der Waals surface area contributed by atoms with Crippen LogP contribution in [0, 0.1) is 0 Å². The number of halogens is 3. The fourth-order valence-corrected chi connectivity index (χ4v) is 5.16. The van der Waals surface area contributed by atoms with Crippen LogP contribution in [0.5, 0.6) is 11.5 Å². The fourth-order valence-electron chi connectivity index (χ4n) is 5.16. The van der Waals surface area contributed by atoms with E-state index < -0.39 is 29.6 Å². The van der Waals surface area contributed by atoms with Crippen molar-refractivity contribution in [3.8, 4) is 11.5 Å². The molecule has 0 spiro atoms. The van der Waals surface area contributed by atoms with Gasteiger partial charge in [0.1, 0.15) is 11.5 Å². The number of nitrogens with zero attached hydrogens (tertiary/aromatic N) is 1. The Morgan fingerprint density at radius 2 is 1.54 bits per heavy atom. The summed E-state index contributed by atoms with van der Waals surface area (Å²) in [5.74, 6) is -0.330. The van der Waals surface area contributed by atoms with Gasteiger partial charge in [-0.1, -0.05) is 48.5 Å². The number of aliphatic hydroxyl groups excluding tert-OH is 1. The molecule has 0 aliphatic heterocycles. The van der Waals surface area contributed by atoms with Gasteiger partial charge in [0.05, 0.1) is 35.2 Å². The summed E-state index contributed by atoms with van der Waals surface area (Å²) in [6, 6.07) is 29.7. The van der Waals surface area contributed by atoms with E-state index in [1.165, 1.54) is 12.1 Å². The van der Waals surface area contributed by atoms with Gasteiger partial charge < -0.3 is 20.5 Å². The maximum atomic E-state index is 13.7. The van der Waals surface area contributed by atoms with Crippen LogP contribution < -0.4 is 15.4 Å². The number of pyridine rings is 1. The summed E-state index contributed by atoms with van der Waals surface area (Å²) in [5.41, 5.74) is 0.525. The molecule has 0 aliphatic rings. The molecule has 0 unspecified atom stereocenters. The van der Waals surface area contributed by atoms with Crippen LogP contribution in [0.4, 0.5) is 18.9 Å². The van der Waals surface area contributed by atoms with Crippen LogP contribution in [0.2, 0.25) is 0 Å². The number of aromatic nitrogens is 1. The highest BCUT2D eigenvalue weighted by atomic mass is 19.4. The molecular weight excluding hydrogens is 595 g/mol. The Labute approximate surface area is 261 Å². The number of rotatable bonds is 8. The Morgan fingerprint density at radius 3 is 2.28 bits per heavy atom. The van der Waals surface area contributed by atoms with E-state index in [2.05, 4.69) is 15.6 Å². The monoisotopic (exact) mass is 621 g/mol. The van der Waals surface area contributed by atoms with Gasteiger partial charge in [-0.3, -0.25) is 14.6 Å². The van der Waals surface area contributed by atoms with E-state index in [9.17, 15) is 27.9 Å². The zero-order chi connectivity index (χ0) is 32.3. The lowest BCUT2D eigenvalue weighted by Gasteiger charge is -2.19. The zero-order valence-electron chi connectivity index (χ0n) is 24.1. The highest BCUT2D eigenvalue weighted by Gasteiger charge is 2.30. The van der Waals surface area contributed by atoms with Gasteiger partial charge in [-0.05, 0) is 82.9 Å². The second-order valence-corrected chi connectivity index (χ2v) is 10.4. The maximum Gasteiger partial charge on any atom is 0.416 e. The minimum atomic E-state index is -4.45. The van der Waals surface area contributed by atoms with Crippen molar-refractivity contribution in [2.45, 2.75) is 12.2 Å². The number of nitrogens with one attached hydrogen (secondary N) is 2. The Balaban J connectivity index is 1.27. The first-order valence-corrected chi connectivity index (χ1v) is 14.2. The van der Waals surface area contributed by atoms with E-state index in [4.69, 9.17) is 4.74 Å². The van der Waals surface area contributed by atoms with Crippen molar-refractivity contribution in [2.75, 3.05) is 11.9 Å². The third kappa shape index (κ3) is 6.38. The number of carbonyl (C=O) groups excluding carboxylic acids is 2. The van der Waals surface area contributed by atoms with Crippen molar-refractivity contribution < 1.29 is 32.6 Å². The number of aliphatic hydroxyl groups is 1. The SMILES string of the molecule is O=C(Nc1ccc2ccccc2c1C(=O)N[C@H](CO)c1ccccn1)c1ccc2c(Oc3ccc(C(F)(F)F)cc3)cccc2c1. The first-order chi connectivity index (χ1) is 22.2. The Morgan fingerprint density at radius 1 is 0.783 bits per heavy atom. The number of anilines is 1. The number of hydrogen-bond acceptors (Lipinski definition) is 5. The highest BCUT2D eigenvalue weighted by Crippen LogP contribution is 2.34. The molecule has 2 amide bonds. The molecule has 0 fully saturated rings. The van der Waals surface area contributed by atoms with Gasteiger partial charge >= 0.3 is 6.18 Å². The van der Waals surface area contributed by atoms with Gasteiger partial charge in [0, 0.05) is 17.1 Å². The fraction of sp³-hybridized carbons (Fsp3) is 0.0833. The molecule has 1 aromatic heterocycles. The van der Waals surface area contributed by atoms with Crippen molar-refractivity contribution in [1.29, 1.82) is 0 Å². The largest absolute Gasteiger partial charge is 0.457 e. The first-order valence-electron chi connectivity index (χ1n) is 14.2. The summed E-state index contributed by atoms with van der Waals surface area (Å²) < 4.78 is 44.7. The Hall–Kier alpha value is -5.74. The van der Waals surface area contributed by atoms with Crippen LogP contribution in [-0.4, -0.2) is 28.5 Å². The molecule has 0 saturated heterocycles. The van der Waals surface area contributed by atoms with Crippen molar-refractivity contribution in [3.63, 3.8) is 0 Å². The lowest BCUT2D eigenvalue weighted by Crippen LogP contribution is -2.32. The average Bonchev–Trinajstić information content (AvgIpc) is 3.07. The topological polar surface area (TPSA) is 101 Å². The minimum absolute atomic E-state index is 0.230. The number of hydrogen-bond donors (Lipinski definition) is 3. The summed E-state index contributed by atoms with van der Waals surface area (Å²) in [6.07, 6.45) is -2.88. The van der Waals surface area contributed by atoms with E-state index in [-0.39, 0.29) is 23.6 Å². The smallest absolute Gasteiger partial charge is 0.416 e. The van der Waals surface area contributed by atoms with Crippen molar-refractivity contribution in [1.82, 2.24) is 10.3 Å². The van der Waals surface area contributed by atoms with Crippen LogP contribution >= 0.6 is 0 Å². The minimum Gasteiger partial charge on any atom is -0.457 e. The quantitative estimate of drug-likeness (QED) is 0.160. The molecular formula is C36H26F3N3O4. The molecule has 10 heteroatoms. The van der Waals surface area contributed by atoms with Gasteiger partial charge in [-0.15, -0.1) is 0 Å². The second kappa shape index (κ2) is 12.7. The molecule has 7 nitrogen and oxygen atoms in total. The Bertz CT molecular complexity index is 2050. The number of fused-ring (bicyclic) bond motifs is 2. The molecule has 46 heavy (non-hydrogen) atoms. The average molecular weight is 622 g/mol. The van der Waals surface area contributed by atoms with Crippen molar-refractivity contribution in [3.05, 3.63) is 144 Å². The molecule has 6 rings (SSSR count). The van der Waals surface area contributed by atoms with Crippen LogP contribution in [0.15, 0.2) is 121 Å². The molecule has 230 valence electrons. The second-order valence-electron chi connectivity index (χ2n) is 10.4. The van der Waals surface area contributed by atoms with Crippen LogP contribution in [-0.2, 0) is 6.18 Å². The molecule has 0 radical (unpaired) electrons. The third-order valence-electron chi connectivity index (χ3n) is 7.45. The summed E-state index contributed by atoms with van der Waals surface area (Å²) >= 11 is 0. The zero-order valence-corrected chi connectivity index (χ0v) is 24.1. The molecule has 0 saturated carbocycles. The summed E-state index contributed by atoms with van der Waals surface area (Å²) in [4.78, 5) is 31.5.